The van der Waals surface area contributed by atoms with Crippen LogP contribution < -0.4 is 0 Å². The highest BCUT2D eigenvalue weighted by molar-refractivity contribution is 6.31. The highest BCUT2D eigenvalue weighted by Crippen LogP contribution is 2.22. The number of esters is 1. The number of carbonyl (C=O) groups excluding carboxylic acids is 1. The SMILES string of the molecule is O=C(Cc1c[nH]c2cc(Cl)ccc12)OCc1nc2c(F)cccc2[nH]1. The molecule has 0 unspecified atom stereocenters. The van der Waals surface area contributed by atoms with Crippen molar-refractivity contribution in [2.75, 3.05) is 0 Å². The predicted octanol–water partition coefficient (Wildman–Crippen LogP) is 4.12. The molecule has 2 heterocycles. The van der Waals surface area contributed by atoms with Crippen molar-refractivity contribution in [3.8, 4) is 0 Å². The lowest BCUT2D eigenvalue weighted by Crippen LogP contribution is -2.08. The summed E-state index contributed by atoms with van der Waals surface area (Å²) in [6, 6.07) is 10.1. The maximum absolute atomic E-state index is 13.6. The first-order chi connectivity index (χ1) is 12.1. The van der Waals surface area contributed by atoms with Gasteiger partial charge in [0.2, 0.25) is 0 Å². The second kappa shape index (κ2) is 6.22. The minimum absolute atomic E-state index is 0.0405. The van der Waals surface area contributed by atoms with Gasteiger partial charge in [-0.3, -0.25) is 4.79 Å². The summed E-state index contributed by atoms with van der Waals surface area (Å²) in [7, 11) is 0. The molecule has 0 fully saturated rings. The van der Waals surface area contributed by atoms with Gasteiger partial charge in [-0.2, -0.15) is 0 Å². The normalized spacial score (nSPS) is 11.3. The summed E-state index contributed by atoms with van der Waals surface area (Å²) in [5.74, 6) is -0.403. The number of nitrogens with zero attached hydrogens (tertiary/aromatic N) is 1. The smallest absolute Gasteiger partial charge is 0.310 e. The third-order valence-electron chi connectivity index (χ3n) is 3.95. The van der Waals surface area contributed by atoms with Crippen LogP contribution in [0.5, 0.6) is 0 Å². The topological polar surface area (TPSA) is 70.8 Å². The summed E-state index contributed by atoms with van der Waals surface area (Å²) in [6.45, 7) is -0.0405. The highest BCUT2D eigenvalue weighted by Gasteiger charge is 2.12. The molecule has 0 aliphatic rings. The number of imidazole rings is 1. The number of halogens is 2. The lowest BCUT2D eigenvalue weighted by molar-refractivity contribution is -0.144. The van der Waals surface area contributed by atoms with Gasteiger partial charge < -0.3 is 14.7 Å². The summed E-state index contributed by atoms with van der Waals surface area (Å²) < 4.78 is 18.9. The fourth-order valence-corrected chi connectivity index (χ4v) is 2.95. The molecular formula is C18H13ClFN3O2. The van der Waals surface area contributed by atoms with Crippen LogP contribution in [-0.2, 0) is 22.6 Å². The van der Waals surface area contributed by atoms with Crippen molar-refractivity contribution in [3.63, 3.8) is 0 Å². The van der Waals surface area contributed by atoms with E-state index in [9.17, 15) is 9.18 Å². The molecule has 25 heavy (non-hydrogen) atoms. The van der Waals surface area contributed by atoms with Crippen molar-refractivity contribution in [3.05, 3.63) is 64.8 Å². The van der Waals surface area contributed by atoms with Gasteiger partial charge in [0.05, 0.1) is 11.9 Å². The fraction of sp³-hybridized carbons (Fsp3) is 0.111. The van der Waals surface area contributed by atoms with Crippen molar-refractivity contribution < 1.29 is 13.9 Å². The maximum Gasteiger partial charge on any atom is 0.310 e. The predicted molar refractivity (Wildman–Crippen MR) is 92.9 cm³/mol. The van der Waals surface area contributed by atoms with E-state index in [4.69, 9.17) is 16.3 Å². The Hall–Kier alpha value is -2.86. The van der Waals surface area contributed by atoms with Gasteiger partial charge in [0.1, 0.15) is 17.9 Å². The van der Waals surface area contributed by atoms with E-state index in [0.29, 0.717) is 16.4 Å². The summed E-state index contributed by atoms with van der Waals surface area (Å²) in [6.07, 6.45) is 1.88. The first-order valence-electron chi connectivity index (χ1n) is 7.64. The first kappa shape index (κ1) is 15.7. The van der Waals surface area contributed by atoms with Crippen molar-refractivity contribution in [2.24, 2.45) is 0 Å². The van der Waals surface area contributed by atoms with Crippen LogP contribution in [0.15, 0.2) is 42.6 Å². The van der Waals surface area contributed by atoms with Crippen molar-refractivity contribution in [1.29, 1.82) is 0 Å². The van der Waals surface area contributed by atoms with Crippen LogP contribution in [0.1, 0.15) is 11.4 Å². The summed E-state index contributed by atoms with van der Waals surface area (Å²) in [5.41, 5.74) is 2.50. The molecule has 0 amide bonds. The summed E-state index contributed by atoms with van der Waals surface area (Å²) >= 11 is 5.95. The quantitative estimate of drug-likeness (QED) is 0.540. The van der Waals surface area contributed by atoms with Crippen LogP contribution in [0.25, 0.3) is 21.9 Å². The fourth-order valence-electron chi connectivity index (χ4n) is 2.78. The molecule has 0 saturated heterocycles. The number of H-pyrrole nitrogens is 2. The van der Waals surface area contributed by atoms with Crippen LogP contribution in [-0.4, -0.2) is 20.9 Å². The van der Waals surface area contributed by atoms with E-state index in [-0.39, 0.29) is 18.5 Å². The minimum Gasteiger partial charge on any atom is -0.457 e. The van der Waals surface area contributed by atoms with Gasteiger partial charge >= 0.3 is 5.97 Å². The maximum atomic E-state index is 13.6. The van der Waals surface area contributed by atoms with Crippen LogP contribution in [0.4, 0.5) is 4.39 Å². The average Bonchev–Trinajstić information content (AvgIpc) is 3.18. The molecular weight excluding hydrogens is 345 g/mol. The first-order valence-corrected chi connectivity index (χ1v) is 8.02. The van der Waals surface area contributed by atoms with E-state index in [1.807, 2.05) is 6.07 Å². The number of benzene rings is 2. The van der Waals surface area contributed by atoms with E-state index in [1.54, 1.807) is 30.5 Å². The zero-order valence-electron chi connectivity index (χ0n) is 13.0. The molecule has 0 bridgehead atoms. The number of nitrogens with one attached hydrogen (secondary N) is 2. The van der Waals surface area contributed by atoms with Crippen molar-refractivity contribution >= 4 is 39.5 Å². The second-order valence-electron chi connectivity index (χ2n) is 5.66. The molecule has 0 spiro atoms. The number of rotatable bonds is 4. The van der Waals surface area contributed by atoms with Gasteiger partial charge in [-0.25, -0.2) is 9.37 Å². The highest BCUT2D eigenvalue weighted by atomic mass is 35.5. The molecule has 0 aliphatic carbocycles. The number of ether oxygens (including phenoxy) is 1. The van der Waals surface area contributed by atoms with Crippen LogP contribution >= 0.6 is 11.6 Å². The second-order valence-corrected chi connectivity index (χ2v) is 6.10. The lowest BCUT2D eigenvalue weighted by atomic mass is 10.1. The van der Waals surface area contributed by atoms with Gasteiger partial charge in [-0.1, -0.05) is 23.7 Å². The molecule has 0 saturated carbocycles. The Kier molecular flexibility index (Phi) is 3.89. The van der Waals surface area contributed by atoms with E-state index >= 15 is 0 Å². The largest absolute Gasteiger partial charge is 0.457 e. The average molecular weight is 358 g/mol. The van der Waals surface area contributed by atoms with E-state index in [0.717, 1.165) is 16.5 Å². The number of para-hydroxylation sites is 1. The molecule has 2 aromatic heterocycles. The van der Waals surface area contributed by atoms with E-state index < -0.39 is 11.8 Å². The third kappa shape index (κ3) is 3.08. The minimum atomic E-state index is -0.413. The molecule has 4 rings (SSSR count). The molecule has 4 aromatic rings. The molecule has 7 heteroatoms. The van der Waals surface area contributed by atoms with Crippen LogP contribution in [0.3, 0.4) is 0 Å². The molecule has 0 atom stereocenters. The third-order valence-corrected chi connectivity index (χ3v) is 4.18. The van der Waals surface area contributed by atoms with Crippen LogP contribution in [0, 0.1) is 5.82 Å². The van der Waals surface area contributed by atoms with Crippen molar-refractivity contribution in [2.45, 2.75) is 13.0 Å². The Balaban J connectivity index is 1.45. The Morgan fingerprint density at radius 3 is 2.96 bits per heavy atom. The Morgan fingerprint density at radius 1 is 1.24 bits per heavy atom. The van der Waals surface area contributed by atoms with Gasteiger partial charge in [-0.15, -0.1) is 0 Å². The Morgan fingerprint density at radius 2 is 2.12 bits per heavy atom. The number of aromatic amines is 2. The Labute approximate surface area is 146 Å². The van der Waals surface area contributed by atoms with Gasteiger partial charge in [0.15, 0.2) is 5.82 Å². The molecule has 2 aromatic carbocycles. The Bertz CT molecular complexity index is 1090. The molecule has 2 N–H and O–H groups in total. The van der Waals surface area contributed by atoms with Crippen molar-refractivity contribution in [1.82, 2.24) is 15.0 Å². The monoisotopic (exact) mass is 357 g/mol. The van der Waals surface area contributed by atoms with E-state index in [1.165, 1.54) is 6.07 Å². The number of hydrogen-bond donors (Lipinski definition) is 2. The molecule has 0 radical (unpaired) electrons. The number of carbonyl (C=O) groups is 1. The number of fused-ring (bicyclic) bond motifs is 2. The summed E-state index contributed by atoms with van der Waals surface area (Å²) in [5, 5.41) is 1.55. The van der Waals surface area contributed by atoms with E-state index in [2.05, 4.69) is 15.0 Å². The van der Waals surface area contributed by atoms with Gasteiger partial charge in [0, 0.05) is 22.1 Å². The molecule has 126 valence electrons. The van der Waals surface area contributed by atoms with Gasteiger partial charge in [-0.05, 0) is 29.8 Å². The summed E-state index contributed by atoms with van der Waals surface area (Å²) in [4.78, 5) is 22.2. The molecule has 5 nitrogen and oxygen atoms in total. The zero-order valence-corrected chi connectivity index (χ0v) is 13.7. The number of hydrogen-bond acceptors (Lipinski definition) is 3. The lowest BCUT2D eigenvalue weighted by Gasteiger charge is -2.02. The standard InChI is InChI=1S/C18H13ClFN3O2/c19-11-4-5-12-10(8-21-15(12)7-11)6-17(24)25-9-16-22-14-3-1-2-13(20)18(14)23-16/h1-5,7-8,21H,6,9H2,(H,22,23). The van der Waals surface area contributed by atoms with Gasteiger partial charge in [0.25, 0.3) is 0 Å². The zero-order chi connectivity index (χ0) is 17.4. The molecule has 0 aliphatic heterocycles. The number of aromatic nitrogens is 3. The van der Waals surface area contributed by atoms with Crippen LogP contribution in [0.2, 0.25) is 5.02 Å².